The van der Waals surface area contributed by atoms with E-state index in [1.807, 2.05) is 31.2 Å². The number of aryl methyl sites for hydroxylation is 2. The average molecular weight is 369 g/mol. The number of carbonyl (C=O) groups excluding carboxylic acids is 3. The topological polar surface area (TPSA) is 85.5 Å². The van der Waals surface area contributed by atoms with Gasteiger partial charge in [0.15, 0.2) is 6.10 Å². The number of ether oxygens (including phenoxy) is 2. The Labute approximate surface area is 158 Å². The van der Waals surface area contributed by atoms with Gasteiger partial charge in [0.05, 0.1) is 18.4 Å². The highest BCUT2D eigenvalue weighted by Gasteiger charge is 2.26. The molecule has 27 heavy (non-hydrogen) atoms. The summed E-state index contributed by atoms with van der Waals surface area (Å²) < 4.78 is 9.92. The van der Waals surface area contributed by atoms with Gasteiger partial charge in [-0.2, -0.15) is 0 Å². The van der Waals surface area contributed by atoms with Crippen LogP contribution in [0.4, 0.5) is 0 Å². The molecule has 0 aliphatic rings. The van der Waals surface area contributed by atoms with Gasteiger partial charge >= 0.3 is 11.9 Å². The number of Topliss-reactive ketones (excluding diaryl/α,β-unsaturated/α-hetero) is 1. The Morgan fingerprint density at radius 2 is 1.70 bits per heavy atom. The first-order valence-electron chi connectivity index (χ1n) is 8.51. The zero-order valence-electron chi connectivity index (χ0n) is 16.1. The lowest BCUT2D eigenvalue weighted by Crippen LogP contribution is -2.24. The molecule has 142 valence electrons. The van der Waals surface area contributed by atoms with E-state index < -0.39 is 23.8 Å². The number of ketones is 1. The van der Waals surface area contributed by atoms with Crippen molar-refractivity contribution in [2.45, 2.75) is 33.8 Å². The average Bonchev–Trinajstić information content (AvgIpc) is 2.94. The van der Waals surface area contributed by atoms with E-state index in [1.54, 1.807) is 19.9 Å². The third kappa shape index (κ3) is 4.73. The minimum absolute atomic E-state index is 0.232. The molecular weight excluding hydrogens is 346 g/mol. The number of H-pyrrole nitrogens is 1. The highest BCUT2D eigenvalue weighted by atomic mass is 16.5. The Morgan fingerprint density at radius 1 is 1.07 bits per heavy atom. The molecule has 0 fully saturated rings. The zero-order valence-corrected chi connectivity index (χ0v) is 16.1. The van der Waals surface area contributed by atoms with Gasteiger partial charge in [-0.05, 0) is 44.9 Å². The first-order valence-corrected chi connectivity index (χ1v) is 8.51. The minimum atomic E-state index is -0.998. The van der Waals surface area contributed by atoms with Crippen LogP contribution in [0.1, 0.15) is 50.2 Å². The maximum atomic E-state index is 12.6. The smallest absolute Gasteiger partial charge is 0.339 e. The highest BCUT2D eigenvalue weighted by molar-refractivity contribution is 6.04. The van der Waals surface area contributed by atoms with Crippen LogP contribution >= 0.6 is 0 Å². The van der Waals surface area contributed by atoms with E-state index in [1.165, 1.54) is 20.1 Å². The Morgan fingerprint density at radius 3 is 2.30 bits per heavy atom. The number of aromatic amines is 1. The second-order valence-corrected chi connectivity index (χ2v) is 6.30. The molecule has 1 unspecified atom stereocenters. The van der Waals surface area contributed by atoms with Gasteiger partial charge in [-0.1, -0.05) is 29.8 Å². The first-order chi connectivity index (χ1) is 12.7. The SMILES string of the molecule is COC(=O)c1c(C)[nH]c(C(=O)C(C)OC(=O)/C=C/c2ccc(C)cc2)c1C. The lowest BCUT2D eigenvalue weighted by molar-refractivity contribution is -0.140. The third-order valence-electron chi connectivity index (χ3n) is 4.22. The van der Waals surface area contributed by atoms with Gasteiger partial charge in [-0.3, -0.25) is 4.79 Å². The minimum Gasteiger partial charge on any atom is -0.465 e. The van der Waals surface area contributed by atoms with Gasteiger partial charge in [0.2, 0.25) is 5.78 Å². The summed E-state index contributed by atoms with van der Waals surface area (Å²) in [4.78, 5) is 39.3. The van der Waals surface area contributed by atoms with Crippen LogP contribution in [0.5, 0.6) is 0 Å². The van der Waals surface area contributed by atoms with Crippen LogP contribution in [0.25, 0.3) is 6.08 Å². The van der Waals surface area contributed by atoms with Gasteiger partial charge in [-0.15, -0.1) is 0 Å². The van der Waals surface area contributed by atoms with E-state index in [-0.39, 0.29) is 5.69 Å². The fourth-order valence-corrected chi connectivity index (χ4v) is 2.72. The third-order valence-corrected chi connectivity index (χ3v) is 4.22. The second-order valence-electron chi connectivity index (χ2n) is 6.30. The molecule has 2 rings (SSSR count). The quantitative estimate of drug-likeness (QED) is 0.478. The van der Waals surface area contributed by atoms with Crippen molar-refractivity contribution >= 4 is 23.8 Å². The van der Waals surface area contributed by atoms with Gasteiger partial charge in [0.1, 0.15) is 0 Å². The summed E-state index contributed by atoms with van der Waals surface area (Å²) in [5.74, 6) is -1.56. The molecule has 1 heterocycles. The molecule has 0 bridgehead atoms. The van der Waals surface area contributed by atoms with E-state index in [0.29, 0.717) is 16.8 Å². The second kappa shape index (κ2) is 8.49. The predicted octanol–water partition coefficient (Wildman–Crippen LogP) is 3.55. The number of benzene rings is 1. The summed E-state index contributed by atoms with van der Waals surface area (Å²) in [7, 11) is 1.28. The van der Waals surface area contributed by atoms with Crippen LogP contribution in [0.3, 0.4) is 0 Å². The number of methoxy groups -OCH3 is 1. The molecule has 6 nitrogen and oxygen atoms in total. The first kappa shape index (κ1) is 20.2. The molecule has 6 heteroatoms. The van der Waals surface area contributed by atoms with Crippen molar-refractivity contribution in [3.63, 3.8) is 0 Å². The normalized spacial score (nSPS) is 12.0. The number of hydrogen-bond donors (Lipinski definition) is 1. The van der Waals surface area contributed by atoms with Crippen LogP contribution in [0.15, 0.2) is 30.3 Å². The molecule has 1 aromatic heterocycles. The summed E-state index contributed by atoms with van der Waals surface area (Å²) in [5.41, 5.74) is 3.53. The van der Waals surface area contributed by atoms with Crippen molar-refractivity contribution in [3.8, 4) is 0 Å². The monoisotopic (exact) mass is 369 g/mol. The summed E-state index contributed by atoms with van der Waals surface area (Å²) in [6, 6.07) is 7.64. The molecule has 0 radical (unpaired) electrons. The van der Waals surface area contributed by atoms with E-state index in [9.17, 15) is 14.4 Å². The van der Waals surface area contributed by atoms with Gasteiger partial charge < -0.3 is 14.5 Å². The van der Waals surface area contributed by atoms with Crippen LogP contribution in [-0.4, -0.2) is 35.9 Å². The molecule has 0 saturated heterocycles. The summed E-state index contributed by atoms with van der Waals surface area (Å²) in [6.07, 6.45) is 1.90. The fourth-order valence-electron chi connectivity index (χ4n) is 2.72. The van der Waals surface area contributed by atoms with Gasteiger partial charge in [-0.25, -0.2) is 9.59 Å². The zero-order chi connectivity index (χ0) is 20.1. The Bertz CT molecular complexity index is 890. The van der Waals surface area contributed by atoms with Crippen molar-refractivity contribution in [2.75, 3.05) is 7.11 Å². The lowest BCUT2D eigenvalue weighted by atomic mass is 10.1. The molecule has 0 saturated carbocycles. The van der Waals surface area contributed by atoms with Crippen LogP contribution in [0.2, 0.25) is 0 Å². The maximum Gasteiger partial charge on any atom is 0.339 e. The van der Waals surface area contributed by atoms with Crippen molar-refractivity contribution in [1.82, 2.24) is 4.98 Å². The van der Waals surface area contributed by atoms with Crippen LogP contribution in [0, 0.1) is 20.8 Å². The largest absolute Gasteiger partial charge is 0.465 e. The fraction of sp³-hybridized carbons (Fsp3) is 0.286. The number of esters is 2. The Hall–Kier alpha value is -3.15. The van der Waals surface area contributed by atoms with E-state index in [2.05, 4.69) is 4.98 Å². The number of carbonyl (C=O) groups is 3. The lowest BCUT2D eigenvalue weighted by Gasteiger charge is -2.10. The van der Waals surface area contributed by atoms with Crippen molar-refractivity contribution in [1.29, 1.82) is 0 Å². The maximum absolute atomic E-state index is 12.6. The van der Waals surface area contributed by atoms with E-state index in [0.717, 1.165) is 11.1 Å². The molecule has 1 N–H and O–H groups in total. The molecule has 2 aromatic rings. The molecule has 1 aromatic carbocycles. The number of hydrogen-bond acceptors (Lipinski definition) is 5. The molecule has 0 aliphatic carbocycles. The van der Waals surface area contributed by atoms with E-state index in [4.69, 9.17) is 9.47 Å². The number of aromatic nitrogens is 1. The summed E-state index contributed by atoms with van der Waals surface area (Å²) in [5, 5.41) is 0. The Balaban J connectivity index is 2.08. The summed E-state index contributed by atoms with van der Waals surface area (Å²) >= 11 is 0. The van der Waals surface area contributed by atoms with Crippen molar-refractivity contribution in [3.05, 3.63) is 64.0 Å². The highest BCUT2D eigenvalue weighted by Crippen LogP contribution is 2.21. The molecule has 1 atom stereocenters. The molecular formula is C21H23NO5. The molecule has 0 aliphatic heterocycles. The predicted molar refractivity (Wildman–Crippen MR) is 102 cm³/mol. The van der Waals surface area contributed by atoms with Crippen LogP contribution in [-0.2, 0) is 14.3 Å². The number of nitrogens with one attached hydrogen (secondary N) is 1. The number of rotatable bonds is 6. The van der Waals surface area contributed by atoms with Gasteiger partial charge in [0, 0.05) is 11.8 Å². The molecule has 0 spiro atoms. The van der Waals surface area contributed by atoms with Crippen LogP contribution < -0.4 is 0 Å². The standard InChI is InChI=1S/C21H23NO5/c1-12-6-8-16(9-7-12)10-11-17(23)27-15(4)20(24)19-13(2)18(14(3)22-19)21(25)26-5/h6-11,15,22H,1-5H3/b11-10+. The van der Waals surface area contributed by atoms with Crippen molar-refractivity contribution in [2.24, 2.45) is 0 Å². The molecule has 0 amide bonds. The van der Waals surface area contributed by atoms with E-state index >= 15 is 0 Å². The Kier molecular flexibility index (Phi) is 6.34. The summed E-state index contributed by atoms with van der Waals surface area (Å²) in [6.45, 7) is 6.80. The van der Waals surface area contributed by atoms with Gasteiger partial charge in [0.25, 0.3) is 0 Å². The van der Waals surface area contributed by atoms with Crippen molar-refractivity contribution < 1.29 is 23.9 Å².